The van der Waals surface area contributed by atoms with Crippen LogP contribution in [0.3, 0.4) is 0 Å². The number of aromatic nitrogens is 1. The van der Waals surface area contributed by atoms with E-state index in [2.05, 4.69) is 27.3 Å². The van der Waals surface area contributed by atoms with Gasteiger partial charge in [-0.3, -0.25) is 14.5 Å². The summed E-state index contributed by atoms with van der Waals surface area (Å²) in [6.07, 6.45) is 3.82. The van der Waals surface area contributed by atoms with Crippen LogP contribution in [0.25, 0.3) is 0 Å². The summed E-state index contributed by atoms with van der Waals surface area (Å²) >= 11 is 0. The normalized spacial score (nSPS) is 19.8. The number of hydrogen-bond donors (Lipinski definition) is 2. The van der Waals surface area contributed by atoms with Crippen LogP contribution in [0.1, 0.15) is 40.0 Å². The fraction of sp³-hybridized carbons (Fsp3) is 0.400. The molecule has 1 atom stereocenters. The fourth-order valence-corrected chi connectivity index (χ4v) is 3.88. The molecule has 0 saturated carbocycles. The number of hydrogen-bond acceptors (Lipinski definition) is 3. The maximum absolute atomic E-state index is 12.5. The van der Waals surface area contributed by atoms with E-state index < -0.39 is 0 Å². The molecule has 1 aliphatic carbocycles. The van der Waals surface area contributed by atoms with Crippen LogP contribution >= 0.6 is 0 Å². The molecule has 25 heavy (non-hydrogen) atoms. The van der Waals surface area contributed by atoms with Crippen molar-refractivity contribution in [3.8, 4) is 0 Å². The molecule has 1 saturated heterocycles. The van der Waals surface area contributed by atoms with E-state index in [0.29, 0.717) is 0 Å². The number of fused-ring (bicyclic) bond motifs is 1. The highest BCUT2D eigenvalue weighted by molar-refractivity contribution is 5.94. The first-order valence-corrected chi connectivity index (χ1v) is 9.01. The Morgan fingerprint density at radius 2 is 2.08 bits per heavy atom. The predicted molar refractivity (Wildman–Crippen MR) is 96.7 cm³/mol. The van der Waals surface area contributed by atoms with Gasteiger partial charge in [0.05, 0.1) is 0 Å². The van der Waals surface area contributed by atoms with Gasteiger partial charge in [-0.1, -0.05) is 30.3 Å². The van der Waals surface area contributed by atoms with E-state index in [1.807, 2.05) is 18.2 Å². The number of likely N-dealkylation sites (tertiary alicyclic amines) is 1. The Hall–Kier alpha value is -2.40. The van der Waals surface area contributed by atoms with Crippen LogP contribution in [0.4, 0.5) is 0 Å². The van der Waals surface area contributed by atoms with Crippen LogP contribution in [0.2, 0.25) is 0 Å². The molecular formula is C20H23N3O2. The summed E-state index contributed by atoms with van der Waals surface area (Å²) in [4.78, 5) is 29.9. The van der Waals surface area contributed by atoms with E-state index in [9.17, 15) is 9.59 Å². The summed E-state index contributed by atoms with van der Waals surface area (Å²) in [5.74, 6) is -0.248. The maximum Gasteiger partial charge on any atom is 0.261 e. The number of aryl methyl sites for hydroxylation is 2. The molecule has 1 aromatic carbocycles. The number of carbonyl (C=O) groups is 1. The number of rotatable bonds is 4. The molecule has 1 aliphatic heterocycles. The van der Waals surface area contributed by atoms with Gasteiger partial charge in [-0.05, 0) is 42.9 Å². The first-order chi connectivity index (χ1) is 12.2. The summed E-state index contributed by atoms with van der Waals surface area (Å²) in [6.45, 7) is 2.68. The molecule has 1 fully saturated rings. The monoisotopic (exact) mass is 337 g/mol. The Bertz CT molecular complexity index is 829. The van der Waals surface area contributed by atoms with Gasteiger partial charge in [-0.2, -0.15) is 0 Å². The molecule has 5 heteroatoms. The molecular weight excluding hydrogens is 314 g/mol. The van der Waals surface area contributed by atoms with Crippen LogP contribution in [0, 0.1) is 0 Å². The first kappa shape index (κ1) is 16.1. The van der Waals surface area contributed by atoms with Gasteiger partial charge in [-0.15, -0.1) is 0 Å². The molecule has 2 aliphatic rings. The summed E-state index contributed by atoms with van der Waals surface area (Å²) in [6, 6.07) is 12.2. The highest BCUT2D eigenvalue weighted by atomic mass is 16.2. The Labute approximate surface area is 147 Å². The molecule has 2 heterocycles. The van der Waals surface area contributed by atoms with Crippen LogP contribution in [-0.2, 0) is 19.4 Å². The number of H-pyrrole nitrogens is 1. The SMILES string of the molecule is O=C(N[C@@H]1CCN(Cc2ccccc2)C1)c1cc2c([nH]c1=O)CCC2. The fourth-order valence-electron chi connectivity index (χ4n) is 3.88. The van der Waals surface area contributed by atoms with Crippen LogP contribution < -0.4 is 10.9 Å². The van der Waals surface area contributed by atoms with Crippen molar-refractivity contribution in [1.29, 1.82) is 0 Å². The van der Waals surface area contributed by atoms with Gasteiger partial charge in [0.2, 0.25) is 0 Å². The standard InChI is InChI=1S/C20H23N3O2/c24-19(17-11-15-7-4-8-18(15)22-20(17)25)21-16-9-10-23(13-16)12-14-5-2-1-3-6-14/h1-3,5-6,11,16H,4,7-10,12-13H2,(H,21,24)(H,22,25)/t16-/m1/s1. The van der Waals surface area contributed by atoms with Crippen molar-refractivity contribution in [3.63, 3.8) is 0 Å². The lowest BCUT2D eigenvalue weighted by atomic mass is 10.1. The zero-order valence-electron chi connectivity index (χ0n) is 14.3. The molecule has 0 radical (unpaired) electrons. The molecule has 4 rings (SSSR count). The Balaban J connectivity index is 1.38. The van der Waals surface area contributed by atoms with Crippen molar-refractivity contribution >= 4 is 5.91 Å². The average Bonchev–Trinajstić information content (AvgIpc) is 3.24. The second kappa shape index (κ2) is 6.84. The number of carbonyl (C=O) groups excluding carboxylic acids is 1. The number of nitrogens with zero attached hydrogens (tertiary/aromatic N) is 1. The molecule has 2 aromatic rings. The smallest absolute Gasteiger partial charge is 0.261 e. The van der Waals surface area contributed by atoms with Crippen molar-refractivity contribution in [2.45, 2.75) is 38.3 Å². The molecule has 0 bridgehead atoms. The second-order valence-electron chi connectivity index (χ2n) is 7.05. The second-order valence-corrected chi connectivity index (χ2v) is 7.05. The number of pyridine rings is 1. The Morgan fingerprint density at radius 3 is 2.92 bits per heavy atom. The molecule has 1 aromatic heterocycles. The minimum absolute atomic E-state index is 0.101. The van der Waals surface area contributed by atoms with Crippen molar-refractivity contribution in [3.05, 3.63) is 69.1 Å². The summed E-state index contributed by atoms with van der Waals surface area (Å²) < 4.78 is 0. The van der Waals surface area contributed by atoms with Crippen LogP contribution in [-0.4, -0.2) is 34.9 Å². The number of aromatic amines is 1. The minimum Gasteiger partial charge on any atom is -0.348 e. The highest BCUT2D eigenvalue weighted by Crippen LogP contribution is 2.19. The van der Waals surface area contributed by atoms with Gasteiger partial charge in [0.1, 0.15) is 5.56 Å². The lowest BCUT2D eigenvalue weighted by molar-refractivity contribution is 0.0936. The average molecular weight is 337 g/mol. The van der Waals surface area contributed by atoms with Crippen molar-refractivity contribution < 1.29 is 4.79 Å². The Morgan fingerprint density at radius 1 is 1.24 bits per heavy atom. The van der Waals surface area contributed by atoms with Gasteiger partial charge in [0, 0.05) is 31.4 Å². The van der Waals surface area contributed by atoms with Gasteiger partial charge < -0.3 is 10.3 Å². The largest absolute Gasteiger partial charge is 0.348 e. The van der Waals surface area contributed by atoms with Crippen LogP contribution in [0.15, 0.2) is 41.2 Å². The van der Waals surface area contributed by atoms with Gasteiger partial charge in [-0.25, -0.2) is 0 Å². The quantitative estimate of drug-likeness (QED) is 0.895. The molecule has 130 valence electrons. The number of amides is 1. The molecule has 5 nitrogen and oxygen atoms in total. The zero-order valence-corrected chi connectivity index (χ0v) is 14.3. The number of nitrogens with one attached hydrogen (secondary N) is 2. The van der Waals surface area contributed by atoms with Crippen molar-refractivity contribution in [2.75, 3.05) is 13.1 Å². The predicted octanol–water partition coefficient (Wildman–Crippen LogP) is 1.87. The number of benzene rings is 1. The van der Waals surface area contributed by atoms with Gasteiger partial charge in [0.15, 0.2) is 0 Å². The highest BCUT2D eigenvalue weighted by Gasteiger charge is 2.26. The van der Waals surface area contributed by atoms with E-state index in [-0.39, 0.29) is 23.1 Å². The third kappa shape index (κ3) is 3.51. The molecule has 2 N–H and O–H groups in total. The van der Waals surface area contributed by atoms with E-state index in [4.69, 9.17) is 0 Å². The summed E-state index contributed by atoms with van der Waals surface area (Å²) in [7, 11) is 0. The minimum atomic E-state index is -0.266. The van der Waals surface area contributed by atoms with Gasteiger partial charge >= 0.3 is 0 Å². The lowest BCUT2D eigenvalue weighted by Gasteiger charge is -2.17. The lowest BCUT2D eigenvalue weighted by Crippen LogP contribution is -2.39. The molecule has 0 spiro atoms. The van der Waals surface area contributed by atoms with Crippen molar-refractivity contribution in [1.82, 2.24) is 15.2 Å². The van der Waals surface area contributed by atoms with Gasteiger partial charge in [0.25, 0.3) is 11.5 Å². The summed E-state index contributed by atoms with van der Waals surface area (Å²) in [5.41, 5.74) is 3.38. The van der Waals surface area contributed by atoms with Crippen LogP contribution in [0.5, 0.6) is 0 Å². The van der Waals surface area contributed by atoms with E-state index in [1.54, 1.807) is 6.07 Å². The third-order valence-corrected chi connectivity index (χ3v) is 5.19. The van der Waals surface area contributed by atoms with E-state index in [1.165, 1.54) is 5.56 Å². The Kier molecular flexibility index (Phi) is 4.40. The zero-order chi connectivity index (χ0) is 17.2. The van der Waals surface area contributed by atoms with E-state index >= 15 is 0 Å². The van der Waals surface area contributed by atoms with Crippen molar-refractivity contribution in [2.24, 2.45) is 0 Å². The first-order valence-electron chi connectivity index (χ1n) is 9.01. The third-order valence-electron chi connectivity index (χ3n) is 5.19. The summed E-state index contributed by atoms with van der Waals surface area (Å²) in [5, 5.41) is 3.04. The van der Waals surface area contributed by atoms with E-state index in [0.717, 1.165) is 56.6 Å². The molecule has 1 amide bonds. The molecule has 0 unspecified atom stereocenters. The topological polar surface area (TPSA) is 65.2 Å². The maximum atomic E-state index is 12.5.